The highest BCUT2D eigenvalue weighted by Crippen LogP contribution is 2.28. The van der Waals surface area contributed by atoms with Crippen LogP contribution in [0.5, 0.6) is 0 Å². The van der Waals surface area contributed by atoms with Crippen molar-refractivity contribution >= 4 is 49.1 Å². The van der Waals surface area contributed by atoms with Gasteiger partial charge >= 0.3 is 0 Å². The minimum Gasteiger partial charge on any atom is -0.452 e. The van der Waals surface area contributed by atoms with E-state index in [1.807, 2.05) is 37.3 Å². The highest BCUT2D eigenvalue weighted by Gasteiger charge is 2.10. The average Bonchev–Trinajstić information content (AvgIpc) is 2.70. The van der Waals surface area contributed by atoms with Gasteiger partial charge in [0.05, 0.1) is 11.1 Å². The number of rotatable bonds is 3. The van der Waals surface area contributed by atoms with Crippen LogP contribution in [0.3, 0.4) is 0 Å². The molecule has 0 spiro atoms. The normalized spacial score (nSPS) is 12.5. The molecule has 2 aromatic rings. The molecular formula is C12H10Br2ClNO. The van der Waals surface area contributed by atoms with Crippen molar-refractivity contribution in [3.05, 3.63) is 50.3 Å². The molecule has 0 aliphatic carbocycles. The van der Waals surface area contributed by atoms with Crippen LogP contribution in [0.25, 0.3) is 0 Å². The number of hydrogen-bond donors (Lipinski definition) is 1. The van der Waals surface area contributed by atoms with Crippen LogP contribution in [0, 0.1) is 0 Å². The number of hydrogen-bond acceptors (Lipinski definition) is 2. The third kappa shape index (κ3) is 3.27. The summed E-state index contributed by atoms with van der Waals surface area (Å²) in [6.07, 6.45) is 0. The first kappa shape index (κ1) is 13.0. The van der Waals surface area contributed by atoms with Gasteiger partial charge in [0.2, 0.25) is 0 Å². The lowest BCUT2D eigenvalue weighted by Crippen LogP contribution is -2.05. The van der Waals surface area contributed by atoms with E-state index in [0.29, 0.717) is 5.02 Å². The molecule has 0 amide bonds. The molecule has 0 saturated carbocycles. The maximum atomic E-state index is 5.94. The molecule has 1 aromatic carbocycles. The van der Waals surface area contributed by atoms with Crippen LogP contribution in [-0.4, -0.2) is 0 Å². The quantitative estimate of drug-likeness (QED) is 0.747. The zero-order valence-electron chi connectivity index (χ0n) is 9.01. The second-order valence-corrected chi connectivity index (χ2v) is 5.68. The van der Waals surface area contributed by atoms with Crippen molar-refractivity contribution in [2.45, 2.75) is 13.0 Å². The van der Waals surface area contributed by atoms with E-state index in [-0.39, 0.29) is 6.04 Å². The van der Waals surface area contributed by atoms with Gasteiger partial charge < -0.3 is 9.73 Å². The Hall–Kier alpha value is -0.450. The van der Waals surface area contributed by atoms with Crippen molar-refractivity contribution in [2.75, 3.05) is 5.32 Å². The minimum atomic E-state index is 0.0920. The van der Waals surface area contributed by atoms with E-state index in [4.69, 9.17) is 16.0 Å². The molecule has 1 heterocycles. The maximum Gasteiger partial charge on any atom is 0.169 e. The largest absolute Gasteiger partial charge is 0.452 e. The molecule has 1 aromatic heterocycles. The Morgan fingerprint density at radius 3 is 2.59 bits per heavy atom. The highest BCUT2D eigenvalue weighted by atomic mass is 79.9. The average molecular weight is 379 g/mol. The van der Waals surface area contributed by atoms with Crippen molar-refractivity contribution < 1.29 is 4.42 Å². The second-order valence-electron chi connectivity index (χ2n) is 3.64. The first-order chi connectivity index (χ1) is 8.06. The molecule has 2 nitrogen and oxygen atoms in total. The second kappa shape index (κ2) is 5.46. The van der Waals surface area contributed by atoms with E-state index in [1.54, 1.807) is 0 Å². The van der Waals surface area contributed by atoms with Crippen LogP contribution in [0.1, 0.15) is 18.7 Å². The third-order valence-corrected chi connectivity index (χ3v) is 3.96. The molecule has 1 unspecified atom stereocenters. The first-order valence-corrected chi connectivity index (χ1v) is 6.99. The number of anilines is 1. The predicted molar refractivity (Wildman–Crippen MR) is 77.6 cm³/mol. The van der Waals surface area contributed by atoms with E-state index in [1.165, 1.54) is 0 Å². The number of furan rings is 1. The molecule has 0 saturated heterocycles. The number of halogens is 3. The monoisotopic (exact) mass is 377 g/mol. The first-order valence-electron chi connectivity index (χ1n) is 5.03. The summed E-state index contributed by atoms with van der Waals surface area (Å²) in [6, 6.07) is 9.63. The van der Waals surface area contributed by atoms with Gasteiger partial charge in [-0.2, -0.15) is 0 Å². The smallest absolute Gasteiger partial charge is 0.169 e. The zero-order chi connectivity index (χ0) is 12.4. The topological polar surface area (TPSA) is 25.2 Å². The van der Waals surface area contributed by atoms with Crippen LogP contribution in [0.2, 0.25) is 5.02 Å². The fraction of sp³-hybridized carbons (Fsp3) is 0.167. The molecule has 1 atom stereocenters. The molecule has 0 aliphatic rings. The van der Waals surface area contributed by atoms with Gasteiger partial charge in [0, 0.05) is 10.2 Å². The summed E-state index contributed by atoms with van der Waals surface area (Å²) in [6.45, 7) is 2.04. The summed E-state index contributed by atoms with van der Waals surface area (Å²) in [4.78, 5) is 0. The van der Waals surface area contributed by atoms with Crippen molar-refractivity contribution in [3.63, 3.8) is 0 Å². The lowest BCUT2D eigenvalue weighted by molar-refractivity contribution is 0.471. The summed E-state index contributed by atoms with van der Waals surface area (Å²) >= 11 is 12.6. The van der Waals surface area contributed by atoms with Crippen LogP contribution in [-0.2, 0) is 0 Å². The Morgan fingerprint density at radius 1 is 1.24 bits per heavy atom. The van der Waals surface area contributed by atoms with Gasteiger partial charge in [0.25, 0.3) is 0 Å². The Bertz CT molecular complexity index is 527. The fourth-order valence-electron chi connectivity index (χ4n) is 1.47. The van der Waals surface area contributed by atoms with E-state index in [9.17, 15) is 0 Å². The summed E-state index contributed by atoms with van der Waals surface area (Å²) in [5.74, 6) is 0.878. The fourth-order valence-corrected chi connectivity index (χ4v) is 2.28. The van der Waals surface area contributed by atoms with Crippen molar-refractivity contribution in [3.8, 4) is 0 Å². The molecule has 0 bridgehead atoms. The molecule has 0 aliphatic heterocycles. The Kier molecular flexibility index (Phi) is 4.17. The van der Waals surface area contributed by atoms with Gasteiger partial charge in [-0.1, -0.05) is 11.6 Å². The van der Waals surface area contributed by atoms with E-state index < -0.39 is 0 Å². The van der Waals surface area contributed by atoms with Crippen LogP contribution in [0.4, 0.5) is 5.69 Å². The molecule has 1 N–H and O–H groups in total. The summed E-state index contributed by atoms with van der Waals surface area (Å²) in [7, 11) is 0. The van der Waals surface area contributed by atoms with Gasteiger partial charge in [-0.15, -0.1) is 0 Å². The lowest BCUT2D eigenvalue weighted by Gasteiger charge is -2.13. The SMILES string of the molecule is CC(Nc1ccc(Cl)c(Br)c1)c1ccc(Br)o1. The molecule has 5 heteroatoms. The predicted octanol–water partition coefficient (Wildman–Crippen LogP) is 5.63. The summed E-state index contributed by atoms with van der Waals surface area (Å²) in [5, 5.41) is 4.03. The number of nitrogens with one attached hydrogen (secondary N) is 1. The van der Waals surface area contributed by atoms with E-state index >= 15 is 0 Å². The van der Waals surface area contributed by atoms with Crippen molar-refractivity contribution in [1.82, 2.24) is 0 Å². The molecule has 2 rings (SSSR count). The van der Waals surface area contributed by atoms with Gasteiger partial charge in [-0.25, -0.2) is 0 Å². The summed E-state index contributed by atoms with van der Waals surface area (Å²) in [5.41, 5.74) is 0.987. The van der Waals surface area contributed by atoms with Crippen LogP contribution < -0.4 is 5.32 Å². The highest BCUT2D eigenvalue weighted by molar-refractivity contribution is 9.10. The number of benzene rings is 1. The van der Waals surface area contributed by atoms with Gasteiger partial charge in [0.15, 0.2) is 4.67 Å². The molecule has 17 heavy (non-hydrogen) atoms. The van der Waals surface area contributed by atoms with Gasteiger partial charge in [-0.3, -0.25) is 0 Å². The molecular weight excluding hydrogens is 369 g/mol. The lowest BCUT2D eigenvalue weighted by atomic mass is 10.2. The van der Waals surface area contributed by atoms with Gasteiger partial charge in [0.1, 0.15) is 5.76 Å². The maximum absolute atomic E-state index is 5.94. The molecule has 90 valence electrons. The van der Waals surface area contributed by atoms with Crippen LogP contribution in [0.15, 0.2) is 43.9 Å². The third-order valence-electron chi connectivity index (χ3n) is 2.32. The summed E-state index contributed by atoms with van der Waals surface area (Å²) < 4.78 is 7.09. The van der Waals surface area contributed by atoms with Crippen molar-refractivity contribution in [1.29, 1.82) is 0 Å². The Morgan fingerprint density at radius 2 is 2.00 bits per heavy atom. The van der Waals surface area contributed by atoms with E-state index in [0.717, 1.165) is 20.6 Å². The van der Waals surface area contributed by atoms with Crippen molar-refractivity contribution in [2.24, 2.45) is 0 Å². The van der Waals surface area contributed by atoms with Crippen LogP contribution >= 0.6 is 43.5 Å². The minimum absolute atomic E-state index is 0.0920. The van der Waals surface area contributed by atoms with E-state index in [2.05, 4.69) is 37.2 Å². The standard InChI is InChI=1S/C12H10Br2ClNO/c1-7(11-4-5-12(14)17-11)16-8-2-3-10(15)9(13)6-8/h2-7,16H,1H3. The Balaban J connectivity index is 2.12. The zero-order valence-corrected chi connectivity index (χ0v) is 12.9. The van der Waals surface area contributed by atoms with Gasteiger partial charge in [-0.05, 0) is 69.1 Å². The molecule has 0 fully saturated rings. The Labute approximate surface area is 122 Å². The molecule has 0 radical (unpaired) electrons.